The predicted molar refractivity (Wildman–Crippen MR) is 138 cm³/mol. The zero-order valence-corrected chi connectivity index (χ0v) is 22.1. The molecule has 5 nitrogen and oxygen atoms in total. The number of halogens is 4. The molecule has 182 valence electrons. The molecule has 1 heterocycles. The highest BCUT2D eigenvalue weighted by atomic mass is 35.5. The molecule has 2 aromatic rings. The maximum Gasteiger partial charge on any atom is 0.245 e. The van der Waals surface area contributed by atoms with Crippen LogP contribution in [0.15, 0.2) is 36.4 Å². The van der Waals surface area contributed by atoms with Crippen LogP contribution in [0, 0.1) is 0 Å². The van der Waals surface area contributed by atoms with Crippen molar-refractivity contribution in [2.75, 3.05) is 27.2 Å². The first-order valence-electron chi connectivity index (χ1n) is 11.3. The summed E-state index contributed by atoms with van der Waals surface area (Å²) in [5.41, 5.74) is 0.740. The highest BCUT2D eigenvalue weighted by Gasteiger charge is 2.53. The van der Waals surface area contributed by atoms with Gasteiger partial charge in [0, 0.05) is 45.6 Å². The third kappa shape index (κ3) is 5.34. The van der Waals surface area contributed by atoms with E-state index in [9.17, 15) is 9.59 Å². The second-order valence-electron chi connectivity index (χ2n) is 9.36. The van der Waals surface area contributed by atoms with Gasteiger partial charge in [-0.15, -0.1) is 0 Å². The molecule has 9 heteroatoms. The van der Waals surface area contributed by atoms with E-state index >= 15 is 0 Å². The van der Waals surface area contributed by atoms with Gasteiger partial charge in [-0.1, -0.05) is 58.5 Å². The molecule has 2 aromatic carbocycles. The Labute approximate surface area is 220 Å². The minimum absolute atomic E-state index is 0.110. The van der Waals surface area contributed by atoms with E-state index < -0.39 is 11.5 Å². The highest BCUT2D eigenvalue weighted by Crippen LogP contribution is 2.51. The molecule has 2 fully saturated rings. The quantitative estimate of drug-likeness (QED) is 0.521. The lowest BCUT2D eigenvalue weighted by Gasteiger charge is -2.28. The number of nitrogens with zero attached hydrogens (tertiary/aromatic N) is 2. The average molecular weight is 543 g/mol. The second-order valence-corrected chi connectivity index (χ2v) is 11.0. The van der Waals surface area contributed by atoms with Gasteiger partial charge in [0.25, 0.3) is 0 Å². The third-order valence-corrected chi connectivity index (χ3v) is 8.01. The van der Waals surface area contributed by atoms with E-state index in [4.69, 9.17) is 46.4 Å². The Hall–Kier alpha value is -1.50. The van der Waals surface area contributed by atoms with Gasteiger partial charge in [0.05, 0.1) is 5.41 Å². The number of benzene rings is 2. The van der Waals surface area contributed by atoms with Crippen LogP contribution in [0.4, 0.5) is 0 Å². The lowest BCUT2D eigenvalue weighted by molar-refractivity contribution is -0.136. The Kier molecular flexibility index (Phi) is 7.70. The van der Waals surface area contributed by atoms with Gasteiger partial charge < -0.3 is 15.1 Å². The second kappa shape index (κ2) is 10.2. The van der Waals surface area contributed by atoms with Gasteiger partial charge in [-0.2, -0.15) is 0 Å². The molecular weight excluding hydrogens is 516 g/mol. The largest absolute Gasteiger partial charge is 0.343 e. The molecular formula is C25H27Cl4N3O2. The molecule has 2 amide bonds. The summed E-state index contributed by atoms with van der Waals surface area (Å²) in [7, 11) is 4.02. The monoisotopic (exact) mass is 541 g/mol. The summed E-state index contributed by atoms with van der Waals surface area (Å²) in [5.74, 6) is -0.315. The van der Waals surface area contributed by atoms with Crippen LogP contribution in [-0.2, 0) is 21.4 Å². The van der Waals surface area contributed by atoms with Gasteiger partial charge >= 0.3 is 0 Å². The summed E-state index contributed by atoms with van der Waals surface area (Å²) < 4.78 is 0. The molecule has 0 aromatic heterocycles. The van der Waals surface area contributed by atoms with Crippen LogP contribution < -0.4 is 5.32 Å². The molecule has 1 aliphatic heterocycles. The van der Waals surface area contributed by atoms with Crippen LogP contribution in [0.3, 0.4) is 0 Å². The smallest absolute Gasteiger partial charge is 0.245 e. The molecule has 0 unspecified atom stereocenters. The number of hydrogen-bond donors (Lipinski definition) is 1. The van der Waals surface area contributed by atoms with Crippen molar-refractivity contribution in [2.45, 2.75) is 43.2 Å². The van der Waals surface area contributed by atoms with E-state index in [1.54, 1.807) is 36.4 Å². The van der Waals surface area contributed by atoms with Crippen LogP contribution in [-0.4, -0.2) is 60.9 Å². The van der Waals surface area contributed by atoms with Crippen molar-refractivity contribution in [1.82, 2.24) is 15.1 Å². The lowest BCUT2D eigenvalue weighted by Crippen LogP contribution is -2.52. The normalized spacial score (nSPS) is 19.9. The Morgan fingerprint density at radius 1 is 1.06 bits per heavy atom. The van der Waals surface area contributed by atoms with Gasteiger partial charge in [-0.05, 0) is 68.8 Å². The first kappa shape index (κ1) is 25.6. The Morgan fingerprint density at radius 2 is 1.71 bits per heavy atom. The molecule has 1 saturated carbocycles. The zero-order valence-electron chi connectivity index (χ0n) is 19.1. The van der Waals surface area contributed by atoms with Gasteiger partial charge in [-0.3, -0.25) is 9.59 Å². The Bertz CT molecular complexity index is 1100. The topological polar surface area (TPSA) is 52.6 Å². The SMILES string of the molecule is CN(C)[C@H]1CCN(C(=O)[C@H](Cc2ccc(Cl)cc2Cl)NC(=O)C2(c3ccc(Cl)cc3Cl)CC2)C1. The van der Waals surface area contributed by atoms with E-state index in [0.29, 0.717) is 52.1 Å². The molecule has 0 spiro atoms. The number of nitrogens with one attached hydrogen (secondary N) is 1. The fourth-order valence-electron chi connectivity index (χ4n) is 4.61. The van der Waals surface area contributed by atoms with Gasteiger partial charge in [0.2, 0.25) is 11.8 Å². The minimum Gasteiger partial charge on any atom is -0.343 e. The van der Waals surface area contributed by atoms with Crippen LogP contribution in [0.2, 0.25) is 20.1 Å². The minimum atomic E-state index is -0.754. The number of rotatable bonds is 7. The Morgan fingerprint density at radius 3 is 2.26 bits per heavy atom. The van der Waals surface area contributed by atoms with Crippen molar-refractivity contribution in [3.63, 3.8) is 0 Å². The van der Waals surface area contributed by atoms with E-state index in [1.807, 2.05) is 19.0 Å². The van der Waals surface area contributed by atoms with E-state index in [0.717, 1.165) is 17.5 Å². The summed E-state index contributed by atoms with van der Waals surface area (Å²) >= 11 is 25.0. The molecule has 2 atom stereocenters. The van der Waals surface area contributed by atoms with Crippen LogP contribution >= 0.6 is 46.4 Å². The third-order valence-electron chi connectivity index (χ3n) is 6.88. The molecule has 0 radical (unpaired) electrons. The van der Waals surface area contributed by atoms with Crippen LogP contribution in [0.25, 0.3) is 0 Å². The van der Waals surface area contributed by atoms with Crippen molar-refractivity contribution in [3.8, 4) is 0 Å². The summed E-state index contributed by atoms with van der Waals surface area (Å²) in [4.78, 5) is 31.1. The predicted octanol–water partition coefficient (Wildman–Crippen LogP) is 5.22. The number of amides is 2. The van der Waals surface area contributed by atoms with Gasteiger partial charge in [0.15, 0.2) is 0 Å². The van der Waals surface area contributed by atoms with Gasteiger partial charge in [-0.25, -0.2) is 0 Å². The fraction of sp³-hybridized carbons (Fsp3) is 0.440. The molecule has 4 rings (SSSR count). The number of likely N-dealkylation sites (tertiary alicyclic amines) is 1. The Balaban J connectivity index is 1.58. The van der Waals surface area contributed by atoms with Crippen molar-refractivity contribution >= 4 is 58.2 Å². The van der Waals surface area contributed by atoms with E-state index in [-0.39, 0.29) is 18.2 Å². The molecule has 1 saturated heterocycles. The average Bonchev–Trinajstić information content (AvgIpc) is 3.42. The molecule has 1 aliphatic carbocycles. The highest BCUT2D eigenvalue weighted by molar-refractivity contribution is 6.35. The number of carbonyl (C=O) groups excluding carboxylic acids is 2. The summed E-state index contributed by atoms with van der Waals surface area (Å²) in [6.07, 6.45) is 2.49. The summed E-state index contributed by atoms with van der Waals surface area (Å²) in [6, 6.07) is 9.90. The number of likely N-dealkylation sites (N-methyl/N-ethyl adjacent to an activating group) is 1. The van der Waals surface area contributed by atoms with Crippen molar-refractivity contribution in [2.24, 2.45) is 0 Å². The van der Waals surface area contributed by atoms with Crippen LogP contribution in [0.5, 0.6) is 0 Å². The molecule has 1 N–H and O–H groups in total. The van der Waals surface area contributed by atoms with Crippen LogP contribution in [0.1, 0.15) is 30.4 Å². The number of carbonyl (C=O) groups is 2. The molecule has 2 aliphatic rings. The van der Waals surface area contributed by atoms with E-state index in [1.165, 1.54) is 0 Å². The fourth-order valence-corrected chi connectivity index (χ4v) is 5.68. The molecule has 34 heavy (non-hydrogen) atoms. The lowest BCUT2D eigenvalue weighted by atomic mass is 9.93. The van der Waals surface area contributed by atoms with Crippen molar-refractivity contribution in [3.05, 3.63) is 67.6 Å². The zero-order chi connectivity index (χ0) is 24.6. The van der Waals surface area contributed by atoms with Crippen molar-refractivity contribution < 1.29 is 9.59 Å². The summed E-state index contributed by atoms with van der Waals surface area (Å²) in [6.45, 7) is 1.28. The standard InChI is InChI=1S/C25H27Cl4N3O2/c1-31(2)18-7-10-32(14-18)23(33)22(11-15-3-4-16(26)12-20(15)28)30-24(34)25(8-9-25)19-6-5-17(27)13-21(19)29/h3-6,12-13,18,22H,7-11,14H2,1-2H3,(H,30,34)/t18-,22-/m0/s1. The van der Waals surface area contributed by atoms with Gasteiger partial charge in [0.1, 0.15) is 6.04 Å². The maximum atomic E-state index is 13.6. The van der Waals surface area contributed by atoms with E-state index in [2.05, 4.69) is 10.2 Å². The first-order chi connectivity index (χ1) is 16.1. The maximum absolute atomic E-state index is 13.6. The number of hydrogen-bond acceptors (Lipinski definition) is 3. The molecule has 0 bridgehead atoms. The first-order valence-corrected chi connectivity index (χ1v) is 12.8. The summed E-state index contributed by atoms with van der Waals surface area (Å²) in [5, 5.41) is 5.00. The van der Waals surface area contributed by atoms with Crippen molar-refractivity contribution in [1.29, 1.82) is 0 Å².